The molecule has 39 heavy (non-hydrogen) atoms. The molecule has 2 N–H and O–H groups in total. The normalized spacial score (nSPS) is 19.6. The number of aliphatic carboxylic acids is 1. The quantitative estimate of drug-likeness (QED) is 0.554. The molecule has 1 saturated carbocycles. The zero-order valence-electron chi connectivity index (χ0n) is 21.3. The molecule has 0 bridgehead atoms. The van der Waals surface area contributed by atoms with E-state index in [0.29, 0.717) is 11.5 Å². The lowest BCUT2D eigenvalue weighted by molar-refractivity contribution is -0.138. The molecule has 10 nitrogen and oxygen atoms in total. The van der Waals surface area contributed by atoms with Crippen LogP contribution in [0.25, 0.3) is 0 Å². The van der Waals surface area contributed by atoms with E-state index in [-0.39, 0.29) is 43.3 Å². The third-order valence-electron chi connectivity index (χ3n) is 7.56. The highest BCUT2D eigenvalue weighted by atomic mass is 19.1. The van der Waals surface area contributed by atoms with Crippen LogP contribution in [-0.2, 0) is 9.59 Å². The first-order valence-electron chi connectivity index (χ1n) is 13.1. The number of benzene rings is 2. The zero-order valence-corrected chi connectivity index (χ0v) is 21.3. The van der Waals surface area contributed by atoms with Gasteiger partial charge >= 0.3 is 5.97 Å². The van der Waals surface area contributed by atoms with Gasteiger partial charge in [-0.15, -0.1) is 0 Å². The van der Waals surface area contributed by atoms with Crippen molar-refractivity contribution in [1.82, 2.24) is 15.1 Å². The number of hydrogen-bond acceptors (Lipinski definition) is 6. The Hall–Kier alpha value is -4.15. The number of fused-ring (bicyclic) bond motifs is 1. The Kier molecular flexibility index (Phi) is 7.67. The predicted molar refractivity (Wildman–Crippen MR) is 136 cm³/mol. The SMILES string of the molecule is O=C(O)CC(NC(=O)C1N(C(=O)c2cccc(F)c2)CCN1C(=O)c1ccc2c(c1)OCO2)C1CCCCC1. The van der Waals surface area contributed by atoms with Gasteiger partial charge in [-0.2, -0.15) is 0 Å². The molecule has 3 amide bonds. The lowest BCUT2D eigenvalue weighted by atomic mass is 9.82. The highest BCUT2D eigenvalue weighted by Crippen LogP contribution is 2.34. The van der Waals surface area contributed by atoms with Gasteiger partial charge in [-0.1, -0.05) is 25.3 Å². The Morgan fingerprint density at radius 2 is 1.59 bits per heavy atom. The summed E-state index contributed by atoms with van der Waals surface area (Å²) in [5, 5.41) is 12.4. The van der Waals surface area contributed by atoms with Crippen LogP contribution in [0.4, 0.5) is 4.39 Å². The van der Waals surface area contributed by atoms with Crippen LogP contribution < -0.4 is 14.8 Å². The highest BCUT2D eigenvalue weighted by Gasteiger charge is 2.44. The smallest absolute Gasteiger partial charge is 0.305 e. The molecule has 206 valence electrons. The van der Waals surface area contributed by atoms with Gasteiger partial charge in [-0.05, 0) is 55.2 Å². The molecule has 2 aromatic rings. The Morgan fingerprint density at radius 1 is 0.923 bits per heavy atom. The van der Waals surface area contributed by atoms with Crippen LogP contribution >= 0.6 is 0 Å². The Bertz CT molecular complexity index is 1280. The van der Waals surface area contributed by atoms with Crippen molar-refractivity contribution in [3.8, 4) is 11.5 Å². The number of carboxylic acid groups (broad SMARTS) is 1. The standard InChI is InChI=1S/C28H30FN3O7/c29-20-8-4-7-18(13-20)27(36)31-11-12-32(28(37)19-9-10-22-23(14-19)39-16-38-22)26(31)25(35)30-21(15-24(33)34)17-5-2-1-3-6-17/h4,7-10,13-14,17,21,26H,1-3,5-6,11-12,15-16H2,(H,30,35)(H,33,34). The van der Waals surface area contributed by atoms with E-state index in [1.165, 1.54) is 34.1 Å². The number of carboxylic acids is 1. The molecular formula is C28H30FN3O7. The van der Waals surface area contributed by atoms with E-state index in [4.69, 9.17) is 9.47 Å². The van der Waals surface area contributed by atoms with Crippen molar-refractivity contribution in [2.75, 3.05) is 19.9 Å². The summed E-state index contributed by atoms with van der Waals surface area (Å²) >= 11 is 0. The van der Waals surface area contributed by atoms with Crippen LogP contribution in [-0.4, -0.2) is 70.7 Å². The molecule has 2 atom stereocenters. The molecule has 0 spiro atoms. The average Bonchev–Trinajstić information content (AvgIpc) is 3.59. The molecule has 1 aliphatic carbocycles. The summed E-state index contributed by atoms with van der Waals surface area (Å²) in [5.41, 5.74) is 0.283. The molecule has 11 heteroatoms. The fourth-order valence-electron chi connectivity index (χ4n) is 5.64. The maximum absolute atomic E-state index is 13.9. The van der Waals surface area contributed by atoms with E-state index < -0.39 is 41.7 Å². The van der Waals surface area contributed by atoms with Crippen molar-refractivity contribution < 1.29 is 38.1 Å². The minimum atomic E-state index is -1.35. The van der Waals surface area contributed by atoms with Crippen LogP contribution in [0.5, 0.6) is 11.5 Å². The first-order chi connectivity index (χ1) is 18.8. The number of nitrogens with one attached hydrogen (secondary N) is 1. The van der Waals surface area contributed by atoms with Gasteiger partial charge in [0.15, 0.2) is 17.7 Å². The first kappa shape index (κ1) is 26.5. The van der Waals surface area contributed by atoms with E-state index >= 15 is 0 Å². The molecule has 2 aromatic carbocycles. The van der Waals surface area contributed by atoms with Crippen LogP contribution in [0.15, 0.2) is 42.5 Å². The summed E-state index contributed by atoms with van der Waals surface area (Å²) in [6, 6.07) is 9.15. The maximum atomic E-state index is 13.9. The van der Waals surface area contributed by atoms with Gasteiger partial charge in [0.05, 0.1) is 6.42 Å². The number of rotatable bonds is 7. The fourth-order valence-corrected chi connectivity index (χ4v) is 5.64. The second-order valence-electron chi connectivity index (χ2n) is 10.1. The van der Waals surface area contributed by atoms with E-state index in [9.17, 15) is 28.7 Å². The number of ether oxygens (including phenoxy) is 2. The summed E-state index contributed by atoms with van der Waals surface area (Å²) < 4.78 is 24.6. The average molecular weight is 540 g/mol. The summed E-state index contributed by atoms with van der Waals surface area (Å²) in [4.78, 5) is 55.1. The summed E-state index contributed by atoms with van der Waals surface area (Å²) in [6.45, 7) is 0.125. The Morgan fingerprint density at radius 3 is 2.26 bits per heavy atom. The first-order valence-corrected chi connectivity index (χ1v) is 13.1. The summed E-state index contributed by atoms with van der Waals surface area (Å²) in [7, 11) is 0. The van der Waals surface area contributed by atoms with Gasteiger partial charge in [-0.3, -0.25) is 19.2 Å². The van der Waals surface area contributed by atoms with Gasteiger partial charge in [0, 0.05) is 30.3 Å². The van der Waals surface area contributed by atoms with Crippen LogP contribution in [0.2, 0.25) is 0 Å². The van der Waals surface area contributed by atoms with E-state index in [1.807, 2.05) is 0 Å². The zero-order chi connectivity index (χ0) is 27.5. The number of nitrogens with zero attached hydrogens (tertiary/aromatic N) is 2. The molecule has 2 unspecified atom stereocenters. The van der Waals surface area contributed by atoms with Crippen molar-refractivity contribution in [3.05, 3.63) is 59.4 Å². The molecule has 0 aromatic heterocycles. The van der Waals surface area contributed by atoms with Crippen molar-refractivity contribution in [2.45, 2.75) is 50.7 Å². The van der Waals surface area contributed by atoms with E-state index in [0.717, 1.165) is 38.2 Å². The van der Waals surface area contributed by atoms with Crippen LogP contribution in [0.3, 0.4) is 0 Å². The third-order valence-corrected chi connectivity index (χ3v) is 7.56. The fraction of sp³-hybridized carbons (Fsp3) is 0.429. The topological polar surface area (TPSA) is 125 Å². The monoisotopic (exact) mass is 539 g/mol. The number of carbonyl (C=O) groups excluding carboxylic acids is 3. The lowest BCUT2D eigenvalue weighted by Gasteiger charge is -2.34. The second kappa shape index (κ2) is 11.3. The highest BCUT2D eigenvalue weighted by molar-refractivity contribution is 6.02. The van der Waals surface area contributed by atoms with Gasteiger partial charge in [-0.25, -0.2) is 4.39 Å². The lowest BCUT2D eigenvalue weighted by Crippen LogP contribution is -2.57. The summed E-state index contributed by atoms with van der Waals surface area (Å²) in [6.07, 6.45) is 2.90. The molecular weight excluding hydrogens is 509 g/mol. The maximum Gasteiger partial charge on any atom is 0.305 e. The van der Waals surface area contributed by atoms with Gasteiger partial charge < -0.3 is 29.7 Å². The Labute approximate surface area is 224 Å². The van der Waals surface area contributed by atoms with E-state index in [1.54, 1.807) is 12.1 Å². The van der Waals surface area contributed by atoms with Gasteiger partial charge in [0.2, 0.25) is 6.79 Å². The van der Waals surface area contributed by atoms with Gasteiger partial charge in [0.1, 0.15) is 5.82 Å². The number of halogens is 1. The predicted octanol–water partition coefficient (Wildman–Crippen LogP) is 3.02. The molecule has 2 fully saturated rings. The third kappa shape index (κ3) is 5.67. The molecule has 0 radical (unpaired) electrons. The minimum Gasteiger partial charge on any atom is -0.481 e. The molecule has 3 aliphatic rings. The van der Waals surface area contributed by atoms with E-state index in [2.05, 4.69) is 5.32 Å². The Balaban J connectivity index is 1.44. The van der Waals surface area contributed by atoms with Crippen LogP contribution in [0.1, 0.15) is 59.2 Å². The van der Waals surface area contributed by atoms with Crippen molar-refractivity contribution in [3.63, 3.8) is 0 Å². The second-order valence-corrected chi connectivity index (χ2v) is 10.1. The largest absolute Gasteiger partial charge is 0.481 e. The van der Waals surface area contributed by atoms with Crippen molar-refractivity contribution in [2.24, 2.45) is 5.92 Å². The number of amides is 3. The molecule has 2 heterocycles. The molecule has 1 saturated heterocycles. The van der Waals surface area contributed by atoms with Crippen molar-refractivity contribution in [1.29, 1.82) is 0 Å². The minimum absolute atomic E-state index is 0.0226. The summed E-state index contributed by atoms with van der Waals surface area (Å²) in [5.74, 6) is -2.54. The number of carbonyl (C=O) groups is 4. The molecule has 5 rings (SSSR count). The molecule has 2 aliphatic heterocycles. The van der Waals surface area contributed by atoms with Crippen molar-refractivity contribution >= 4 is 23.7 Å². The van der Waals surface area contributed by atoms with Gasteiger partial charge in [0.25, 0.3) is 17.7 Å². The number of hydrogen-bond donors (Lipinski definition) is 2. The van der Waals surface area contributed by atoms with Crippen LogP contribution in [0, 0.1) is 11.7 Å².